The Hall–Kier alpha value is -10.4. The van der Waals surface area contributed by atoms with Crippen molar-refractivity contribution in [3.05, 3.63) is 317 Å². The van der Waals surface area contributed by atoms with Gasteiger partial charge in [-0.25, -0.2) is 0 Å². The topological polar surface area (TPSA) is 36.0 Å². The van der Waals surface area contributed by atoms with Crippen LogP contribution in [0.5, 0.6) is 0 Å². The van der Waals surface area contributed by atoms with Gasteiger partial charge in [-0.1, -0.05) is 254 Å². The molecule has 97 heavy (non-hydrogen) atoms. The van der Waals surface area contributed by atoms with E-state index in [0.29, 0.717) is 0 Å². The van der Waals surface area contributed by atoms with Crippen LogP contribution < -0.4 is 14.7 Å². The highest BCUT2D eigenvalue weighted by Gasteiger charge is 2.51. The minimum Gasteiger partial charge on any atom is -0.455 e. The molecule has 0 bridgehead atoms. The Morgan fingerprint density at radius 1 is 0.309 bits per heavy atom. The molecular weight excluding hydrogens is 1180 g/mol. The standard InChI is InChI=1S/C92H87N3O2/c1-14-25-60-34-36-65(37-35-60)92(66-46-56-71(57-47-66)93(69-48-38-61(39-49-69)88(2,3)4)70-50-40-62(41-51-70)89(5,6)7)76-59-79(95(68-28-19-16-20-29-68)73-54-44-64(45-55-73)91(11,12)13)86-83(75-31-22-24-33-81(75)96-86)84(76)85-77(92)58-78(82-74-30-21-23-32-80(74)97-87(82)85)94(67-26-17-15-18-27-67)72-52-42-63(43-53-72)90(8,9)10/h15-24,26-59H,14,25H2,1-13H3. The van der Waals surface area contributed by atoms with E-state index >= 15 is 0 Å². The maximum atomic E-state index is 7.72. The lowest BCUT2D eigenvalue weighted by Gasteiger charge is -2.36. The Kier molecular flexibility index (Phi) is 15.4. The molecule has 1 atom stereocenters. The first-order chi connectivity index (χ1) is 46.6. The fourth-order valence-corrected chi connectivity index (χ4v) is 15.1. The van der Waals surface area contributed by atoms with Gasteiger partial charge in [-0.3, -0.25) is 0 Å². The first-order valence-corrected chi connectivity index (χ1v) is 34.7. The summed E-state index contributed by atoms with van der Waals surface area (Å²) in [4.78, 5) is 7.32. The second kappa shape index (κ2) is 23.8. The molecule has 15 rings (SSSR count). The van der Waals surface area contributed by atoms with E-state index in [-0.39, 0.29) is 21.7 Å². The zero-order valence-electron chi connectivity index (χ0n) is 58.5. The van der Waals surface area contributed by atoms with Crippen molar-refractivity contribution in [1.82, 2.24) is 0 Å². The van der Waals surface area contributed by atoms with Gasteiger partial charge >= 0.3 is 0 Å². The van der Waals surface area contributed by atoms with Gasteiger partial charge in [0.15, 0.2) is 5.58 Å². The molecule has 5 nitrogen and oxygen atoms in total. The molecule has 0 radical (unpaired) electrons. The van der Waals surface area contributed by atoms with E-state index in [9.17, 15) is 0 Å². The fourth-order valence-electron chi connectivity index (χ4n) is 15.1. The molecular formula is C92H87N3O2. The van der Waals surface area contributed by atoms with Gasteiger partial charge in [0, 0.05) is 67.1 Å². The minimum absolute atomic E-state index is 0.0116. The van der Waals surface area contributed by atoms with Crippen LogP contribution in [-0.2, 0) is 33.5 Å². The van der Waals surface area contributed by atoms with E-state index in [1.807, 2.05) is 0 Å². The second-order valence-corrected chi connectivity index (χ2v) is 30.8. The van der Waals surface area contributed by atoms with Crippen molar-refractivity contribution < 1.29 is 8.83 Å². The van der Waals surface area contributed by atoms with Gasteiger partial charge < -0.3 is 23.5 Å². The Bertz CT molecular complexity index is 5150. The van der Waals surface area contributed by atoms with E-state index in [0.717, 1.165) is 141 Å². The maximum absolute atomic E-state index is 7.72. The largest absolute Gasteiger partial charge is 0.455 e. The summed E-state index contributed by atoms with van der Waals surface area (Å²) in [7, 11) is 0. The average Bonchev–Trinajstić information content (AvgIpc) is 1.51. The quantitative estimate of drug-likeness (QED) is 0.115. The molecule has 1 unspecified atom stereocenters. The highest BCUT2D eigenvalue weighted by molar-refractivity contribution is 6.26. The smallest absolute Gasteiger partial charge is 0.160 e. The van der Waals surface area contributed by atoms with Crippen LogP contribution in [0.2, 0.25) is 0 Å². The third-order valence-corrected chi connectivity index (χ3v) is 20.3. The summed E-state index contributed by atoms with van der Waals surface area (Å²) in [5.74, 6) is 0. The SMILES string of the molecule is CCCc1ccc(C2(c3ccc(N(c4ccc(C(C)(C)C)cc4)c4ccc(C(C)(C)C)cc4)cc3)c3cc(N(c4ccccc4)c4ccc(C(C)(C)C)cc4)c4c(oc5ccccc54)c3-c3c2cc(N(c2ccccc2)c2ccc(C(C)(C)C)cc2)c2oc4ccccc4c32)cc1. The highest BCUT2D eigenvalue weighted by Crippen LogP contribution is 2.65. The van der Waals surface area contributed by atoms with Gasteiger partial charge in [0.2, 0.25) is 0 Å². The highest BCUT2D eigenvalue weighted by atomic mass is 16.3. The Labute approximate surface area is 573 Å². The number of hydrogen-bond donors (Lipinski definition) is 0. The van der Waals surface area contributed by atoms with Gasteiger partial charge in [-0.05, 0) is 187 Å². The van der Waals surface area contributed by atoms with Crippen molar-refractivity contribution >= 4 is 95.1 Å². The van der Waals surface area contributed by atoms with Crippen molar-refractivity contribution in [3.63, 3.8) is 0 Å². The molecule has 2 aromatic heterocycles. The predicted molar refractivity (Wildman–Crippen MR) is 411 cm³/mol. The van der Waals surface area contributed by atoms with Crippen LogP contribution in [-0.4, -0.2) is 0 Å². The second-order valence-electron chi connectivity index (χ2n) is 30.8. The monoisotopic (exact) mass is 1270 g/mol. The molecule has 0 aliphatic heterocycles. The lowest BCUT2D eigenvalue weighted by atomic mass is 9.67. The van der Waals surface area contributed by atoms with Gasteiger partial charge in [0.1, 0.15) is 16.7 Å². The molecule has 1 aliphatic rings. The average molecular weight is 1270 g/mol. The molecule has 14 aromatic rings. The van der Waals surface area contributed by atoms with E-state index in [1.54, 1.807) is 0 Å². The van der Waals surface area contributed by atoms with Gasteiger partial charge in [0.25, 0.3) is 0 Å². The van der Waals surface area contributed by atoms with Gasteiger partial charge in [-0.2, -0.15) is 0 Å². The summed E-state index contributed by atoms with van der Waals surface area (Å²) in [6, 6.07) is 100. The molecule has 5 heteroatoms. The van der Waals surface area contributed by atoms with Crippen LogP contribution in [0, 0.1) is 0 Å². The van der Waals surface area contributed by atoms with Crippen molar-refractivity contribution in [2.24, 2.45) is 0 Å². The fraction of sp³-hybridized carbons (Fsp3) is 0.217. The first kappa shape index (κ1) is 62.7. The van der Waals surface area contributed by atoms with Crippen LogP contribution in [0.3, 0.4) is 0 Å². The molecule has 0 N–H and O–H groups in total. The molecule has 2 heterocycles. The number of benzene rings is 12. The summed E-state index contributed by atoms with van der Waals surface area (Å²) in [5, 5.41) is 4.15. The normalized spacial score (nSPS) is 14.2. The number of nitrogens with zero attached hydrogens (tertiary/aromatic N) is 3. The minimum atomic E-state index is -1.01. The van der Waals surface area contributed by atoms with Gasteiger partial charge in [0.05, 0.1) is 22.2 Å². The Balaban J connectivity index is 1.11. The summed E-state index contributed by atoms with van der Waals surface area (Å²) in [5.41, 5.74) is 24.5. The maximum Gasteiger partial charge on any atom is 0.160 e. The van der Waals surface area contributed by atoms with Crippen molar-refractivity contribution in [1.29, 1.82) is 0 Å². The lowest BCUT2D eigenvalue weighted by Crippen LogP contribution is -2.29. The number of aryl methyl sites for hydroxylation is 1. The summed E-state index contributed by atoms with van der Waals surface area (Å²) >= 11 is 0. The Morgan fingerprint density at radius 3 is 1.06 bits per heavy atom. The number of rotatable bonds is 13. The third-order valence-electron chi connectivity index (χ3n) is 20.3. The molecule has 0 saturated heterocycles. The van der Waals surface area contributed by atoms with Crippen LogP contribution in [0.25, 0.3) is 55.0 Å². The molecule has 0 fully saturated rings. The van der Waals surface area contributed by atoms with Crippen LogP contribution >= 0.6 is 0 Å². The van der Waals surface area contributed by atoms with E-state index in [1.165, 1.54) is 27.8 Å². The molecule has 0 saturated carbocycles. The molecule has 12 aromatic carbocycles. The number of anilines is 9. The molecule has 0 spiro atoms. The van der Waals surface area contributed by atoms with Crippen molar-refractivity contribution in [3.8, 4) is 11.1 Å². The van der Waals surface area contributed by atoms with Crippen LogP contribution in [0.15, 0.2) is 276 Å². The molecule has 1 aliphatic carbocycles. The summed E-state index contributed by atoms with van der Waals surface area (Å²) in [6.45, 7) is 29.7. The van der Waals surface area contributed by atoms with Crippen molar-refractivity contribution in [2.45, 2.75) is 130 Å². The zero-order valence-corrected chi connectivity index (χ0v) is 58.5. The van der Waals surface area contributed by atoms with E-state index in [2.05, 4.69) is 372 Å². The van der Waals surface area contributed by atoms with Gasteiger partial charge in [-0.15, -0.1) is 0 Å². The third kappa shape index (κ3) is 10.9. The van der Waals surface area contributed by atoms with E-state index < -0.39 is 5.41 Å². The Morgan fingerprint density at radius 2 is 0.639 bits per heavy atom. The number of para-hydroxylation sites is 4. The lowest BCUT2D eigenvalue weighted by molar-refractivity contribution is 0.590. The number of fused-ring (bicyclic) bond motifs is 11. The summed E-state index contributed by atoms with van der Waals surface area (Å²) in [6.07, 6.45) is 2.00. The van der Waals surface area contributed by atoms with Crippen molar-refractivity contribution in [2.75, 3.05) is 14.7 Å². The predicted octanol–water partition coefficient (Wildman–Crippen LogP) is 26.4. The first-order valence-electron chi connectivity index (χ1n) is 34.7. The van der Waals surface area contributed by atoms with E-state index in [4.69, 9.17) is 8.83 Å². The molecule has 0 amide bonds. The number of hydrogen-bond acceptors (Lipinski definition) is 5. The molecule has 482 valence electrons. The zero-order chi connectivity index (χ0) is 67.3. The van der Waals surface area contributed by atoms with Crippen LogP contribution in [0.1, 0.15) is 147 Å². The summed E-state index contributed by atoms with van der Waals surface area (Å²) < 4.78 is 15.2. The van der Waals surface area contributed by atoms with Crippen LogP contribution in [0.4, 0.5) is 51.2 Å². The number of furan rings is 2.